The van der Waals surface area contributed by atoms with Gasteiger partial charge in [-0.15, -0.1) is 0 Å². The number of amides is 2. The van der Waals surface area contributed by atoms with Crippen LogP contribution in [0, 0.1) is 12.3 Å². The van der Waals surface area contributed by atoms with Crippen molar-refractivity contribution in [2.24, 2.45) is 5.41 Å². The van der Waals surface area contributed by atoms with E-state index in [0.717, 1.165) is 75.8 Å². The molecule has 30 heavy (non-hydrogen) atoms. The highest BCUT2D eigenvalue weighted by Gasteiger charge is 2.50. The Bertz CT molecular complexity index is 806. The van der Waals surface area contributed by atoms with Crippen molar-refractivity contribution in [2.45, 2.75) is 64.0 Å². The summed E-state index contributed by atoms with van der Waals surface area (Å²) in [6, 6.07) is 6.15. The van der Waals surface area contributed by atoms with Gasteiger partial charge in [0.15, 0.2) is 0 Å². The fourth-order valence-electron chi connectivity index (χ4n) is 5.54. The average molecular weight is 416 g/mol. The minimum absolute atomic E-state index is 0.197. The maximum atomic E-state index is 13.5. The second kappa shape index (κ2) is 8.46. The first kappa shape index (κ1) is 21.0. The van der Waals surface area contributed by atoms with Gasteiger partial charge < -0.3 is 19.6 Å². The number of carbonyl (C=O) groups is 2. The highest BCUT2D eigenvalue weighted by atomic mass is 16.5. The van der Waals surface area contributed by atoms with Crippen LogP contribution in [-0.2, 0) is 9.53 Å². The Morgan fingerprint density at radius 2 is 1.97 bits per heavy atom. The van der Waals surface area contributed by atoms with Gasteiger partial charge in [0, 0.05) is 37.1 Å². The van der Waals surface area contributed by atoms with E-state index in [9.17, 15) is 14.7 Å². The normalized spacial score (nSPS) is 29.4. The van der Waals surface area contributed by atoms with Crippen molar-refractivity contribution in [2.75, 3.05) is 37.0 Å². The van der Waals surface area contributed by atoms with Gasteiger partial charge in [-0.3, -0.25) is 10.1 Å². The SMILES string of the molecule is COC(=O)Nc1ccc(N2CCC[C@]3(CCN([C@H]4CC[C@H](O)CC4)C3=O)C2)c(C)c1. The van der Waals surface area contributed by atoms with Crippen LogP contribution in [0.5, 0.6) is 0 Å². The highest BCUT2D eigenvalue weighted by Crippen LogP contribution is 2.44. The van der Waals surface area contributed by atoms with E-state index in [1.165, 1.54) is 7.11 Å². The van der Waals surface area contributed by atoms with Crippen molar-refractivity contribution < 1.29 is 19.4 Å². The number of hydrogen-bond acceptors (Lipinski definition) is 5. The van der Waals surface area contributed by atoms with E-state index in [-0.39, 0.29) is 11.5 Å². The maximum Gasteiger partial charge on any atom is 0.411 e. The van der Waals surface area contributed by atoms with Crippen LogP contribution < -0.4 is 10.2 Å². The molecule has 2 aliphatic heterocycles. The van der Waals surface area contributed by atoms with Crippen LogP contribution in [0.1, 0.15) is 50.5 Å². The molecule has 4 rings (SSSR count). The van der Waals surface area contributed by atoms with E-state index in [1.807, 2.05) is 25.1 Å². The topological polar surface area (TPSA) is 82.1 Å². The summed E-state index contributed by atoms with van der Waals surface area (Å²) >= 11 is 0. The molecule has 3 aliphatic rings. The predicted molar refractivity (Wildman–Crippen MR) is 116 cm³/mol. The lowest BCUT2D eigenvalue weighted by Crippen LogP contribution is -2.50. The summed E-state index contributed by atoms with van der Waals surface area (Å²) in [5.74, 6) is 0.315. The van der Waals surface area contributed by atoms with Gasteiger partial charge in [0.1, 0.15) is 0 Å². The summed E-state index contributed by atoms with van der Waals surface area (Å²) in [6.07, 6.45) is 5.64. The molecule has 2 amide bonds. The Balaban J connectivity index is 1.47. The lowest BCUT2D eigenvalue weighted by atomic mass is 9.78. The Kier molecular flexibility index (Phi) is 5.91. The molecule has 2 saturated heterocycles. The van der Waals surface area contributed by atoms with Gasteiger partial charge in [0.05, 0.1) is 18.6 Å². The summed E-state index contributed by atoms with van der Waals surface area (Å²) in [7, 11) is 1.35. The standard InChI is InChI=1S/C23H33N3O4/c1-16-14-17(24-22(29)30-2)4-9-20(16)25-12-3-10-23(15-25)11-13-26(21(23)28)18-5-7-19(27)8-6-18/h4,9,14,18-19,27H,3,5-8,10-13,15H2,1-2H3,(H,24,29)/t18-,19-,23-/m0/s1. The Hall–Kier alpha value is -2.28. The average Bonchev–Trinajstić information content (AvgIpc) is 3.04. The molecular weight excluding hydrogens is 382 g/mol. The van der Waals surface area contributed by atoms with Crippen molar-refractivity contribution >= 4 is 23.4 Å². The number of methoxy groups -OCH3 is 1. The molecule has 1 aliphatic carbocycles. The number of benzene rings is 1. The number of carbonyl (C=O) groups excluding carboxylic acids is 2. The van der Waals surface area contributed by atoms with Crippen LogP contribution in [0.3, 0.4) is 0 Å². The molecule has 164 valence electrons. The molecule has 3 fully saturated rings. The molecule has 0 aromatic heterocycles. The minimum atomic E-state index is -0.481. The van der Waals surface area contributed by atoms with Crippen molar-refractivity contribution in [1.82, 2.24) is 4.90 Å². The number of nitrogens with zero attached hydrogens (tertiary/aromatic N) is 2. The number of nitrogens with one attached hydrogen (secondary N) is 1. The van der Waals surface area contributed by atoms with Crippen LogP contribution in [0.2, 0.25) is 0 Å². The second-order valence-electron chi connectivity index (χ2n) is 9.13. The lowest BCUT2D eigenvalue weighted by Gasteiger charge is -2.42. The Labute approximate surface area is 178 Å². The zero-order chi connectivity index (χ0) is 21.3. The van der Waals surface area contributed by atoms with Gasteiger partial charge in [-0.1, -0.05) is 0 Å². The van der Waals surface area contributed by atoms with Crippen molar-refractivity contribution in [3.05, 3.63) is 23.8 Å². The molecule has 2 N–H and O–H groups in total. The molecular formula is C23H33N3O4. The van der Waals surface area contributed by atoms with Crippen molar-refractivity contribution in [1.29, 1.82) is 0 Å². The number of anilines is 2. The second-order valence-corrected chi connectivity index (χ2v) is 9.13. The first-order valence-corrected chi connectivity index (χ1v) is 11.1. The Morgan fingerprint density at radius 1 is 1.20 bits per heavy atom. The van der Waals surface area contributed by atoms with Crippen LogP contribution in [0.4, 0.5) is 16.2 Å². The fraction of sp³-hybridized carbons (Fsp3) is 0.652. The molecule has 1 aromatic carbocycles. The summed E-state index contributed by atoms with van der Waals surface area (Å²) in [4.78, 5) is 29.4. The van der Waals surface area contributed by atoms with E-state index in [4.69, 9.17) is 0 Å². The zero-order valence-electron chi connectivity index (χ0n) is 18.0. The number of aryl methyl sites for hydroxylation is 1. The predicted octanol–water partition coefficient (Wildman–Crippen LogP) is 3.30. The number of aliphatic hydroxyl groups excluding tert-OH is 1. The number of hydrogen-bond donors (Lipinski definition) is 2. The van der Waals surface area contributed by atoms with Crippen molar-refractivity contribution in [3.63, 3.8) is 0 Å². The zero-order valence-corrected chi connectivity index (χ0v) is 18.0. The van der Waals surface area contributed by atoms with Gasteiger partial charge >= 0.3 is 6.09 Å². The van der Waals surface area contributed by atoms with E-state index < -0.39 is 6.09 Å². The van der Waals surface area contributed by atoms with Gasteiger partial charge in [-0.25, -0.2) is 4.79 Å². The van der Waals surface area contributed by atoms with E-state index in [2.05, 4.69) is 19.9 Å². The van der Waals surface area contributed by atoms with E-state index in [0.29, 0.717) is 17.6 Å². The molecule has 1 atom stereocenters. The number of aliphatic hydroxyl groups is 1. The first-order chi connectivity index (χ1) is 14.4. The summed E-state index contributed by atoms with van der Waals surface area (Å²) in [5, 5.41) is 12.5. The molecule has 7 heteroatoms. The molecule has 2 heterocycles. The quantitative estimate of drug-likeness (QED) is 0.792. The number of likely N-dealkylation sites (tertiary alicyclic amines) is 1. The number of piperidine rings is 1. The summed E-state index contributed by atoms with van der Waals surface area (Å²) in [6.45, 7) is 4.57. The summed E-state index contributed by atoms with van der Waals surface area (Å²) < 4.78 is 4.67. The molecule has 1 spiro atoms. The van der Waals surface area contributed by atoms with Crippen LogP contribution in [0.15, 0.2) is 18.2 Å². The smallest absolute Gasteiger partial charge is 0.411 e. The number of rotatable bonds is 3. The number of ether oxygens (including phenoxy) is 1. The fourth-order valence-corrected chi connectivity index (χ4v) is 5.54. The molecule has 1 saturated carbocycles. The minimum Gasteiger partial charge on any atom is -0.453 e. The molecule has 0 unspecified atom stereocenters. The van der Waals surface area contributed by atoms with E-state index in [1.54, 1.807) is 0 Å². The molecule has 1 aromatic rings. The largest absolute Gasteiger partial charge is 0.453 e. The Morgan fingerprint density at radius 3 is 2.67 bits per heavy atom. The van der Waals surface area contributed by atoms with Gasteiger partial charge in [-0.2, -0.15) is 0 Å². The van der Waals surface area contributed by atoms with Crippen LogP contribution in [-0.4, -0.2) is 60.9 Å². The lowest BCUT2D eigenvalue weighted by molar-refractivity contribution is -0.139. The third-order valence-corrected chi connectivity index (χ3v) is 7.20. The van der Waals surface area contributed by atoms with Crippen molar-refractivity contribution in [3.8, 4) is 0 Å². The first-order valence-electron chi connectivity index (χ1n) is 11.1. The third-order valence-electron chi connectivity index (χ3n) is 7.20. The van der Waals surface area contributed by atoms with Gasteiger partial charge in [0.2, 0.25) is 5.91 Å². The van der Waals surface area contributed by atoms with Crippen LogP contribution in [0.25, 0.3) is 0 Å². The maximum absolute atomic E-state index is 13.5. The van der Waals surface area contributed by atoms with Gasteiger partial charge in [-0.05, 0) is 75.6 Å². The highest BCUT2D eigenvalue weighted by molar-refractivity contribution is 5.87. The molecule has 7 nitrogen and oxygen atoms in total. The molecule has 0 radical (unpaired) electrons. The van der Waals surface area contributed by atoms with Crippen LogP contribution >= 0.6 is 0 Å². The third kappa shape index (κ3) is 4.00. The summed E-state index contributed by atoms with van der Waals surface area (Å²) in [5.41, 5.74) is 2.61. The molecule has 0 bridgehead atoms. The van der Waals surface area contributed by atoms with Gasteiger partial charge in [0.25, 0.3) is 0 Å². The van der Waals surface area contributed by atoms with E-state index >= 15 is 0 Å². The monoisotopic (exact) mass is 415 g/mol.